The number of carbonyl (C=O) groups excluding carboxylic acids is 3. The quantitative estimate of drug-likeness (QED) is 0.143. The van der Waals surface area contributed by atoms with Gasteiger partial charge in [-0.15, -0.1) is 0 Å². The average molecular weight is 703 g/mol. The van der Waals surface area contributed by atoms with Crippen molar-refractivity contribution in [3.05, 3.63) is 140 Å². The molecule has 8 rings (SSSR count). The van der Waals surface area contributed by atoms with Gasteiger partial charge in [0.05, 0.1) is 41.0 Å². The van der Waals surface area contributed by atoms with E-state index in [4.69, 9.17) is 9.47 Å². The number of likely N-dealkylation sites (tertiary alicyclic amines) is 1. The third-order valence-electron chi connectivity index (χ3n) is 10.2. The van der Waals surface area contributed by atoms with Crippen LogP contribution in [0.25, 0.3) is 11.0 Å². The first-order valence-corrected chi connectivity index (χ1v) is 17.5. The number of esters is 2. The second-order valence-corrected chi connectivity index (χ2v) is 13.6. The van der Waals surface area contributed by atoms with E-state index in [1.807, 2.05) is 77.4 Å². The molecule has 2 saturated heterocycles. The SMILES string of the molecule is O=C(NCc1ccc(C2OC(CN3CCC(n4c(=O)[nH]c5ccccc54)CC3)CC(c3ccc(CO)cc3)O2)cc1)c1ccc2c(c1)C(=O)OC2=O. The van der Waals surface area contributed by atoms with E-state index in [9.17, 15) is 24.3 Å². The van der Waals surface area contributed by atoms with Gasteiger partial charge >= 0.3 is 17.6 Å². The number of amides is 1. The summed E-state index contributed by atoms with van der Waals surface area (Å²) in [4.78, 5) is 54.7. The number of imidazole rings is 1. The average Bonchev–Trinajstić information content (AvgIpc) is 3.67. The van der Waals surface area contributed by atoms with E-state index in [1.165, 1.54) is 18.2 Å². The molecule has 5 aromatic rings. The highest BCUT2D eigenvalue weighted by molar-refractivity contribution is 6.15. The minimum absolute atomic E-state index is 0.0312. The summed E-state index contributed by atoms with van der Waals surface area (Å²) in [6, 6.07) is 27.7. The number of carbonyl (C=O) groups is 3. The fourth-order valence-electron chi connectivity index (χ4n) is 7.42. The van der Waals surface area contributed by atoms with Crippen LogP contribution in [-0.2, 0) is 27.4 Å². The summed E-state index contributed by atoms with van der Waals surface area (Å²) in [6.45, 7) is 2.61. The zero-order valence-corrected chi connectivity index (χ0v) is 28.3. The van der Waals surface area contributed by atoms with E-state index < -0.39 is 18.2 Å². The Morgan fingerprint density at radius 1 is 0.827 bits per heavy atom. The Morgan fingerprint density at radius 3 is 2.31 bits per heavy atom. The molecule has 52 heavy (non-hydrogen) atoms. The Morgan fingerprint density at radius 2 is 1.54 bits per heavy atom. The van der Waals surface area contributed by atoms with Crippen molar-refractivity contribution < 1.29 is 33.7 Å². The second-order valence-electron chi connectivity index (χ2n) is 13.6. The molecule has 0 radical (unpaired) electrons. The van der Waals surface area contributed by atoms with Crippen LogP contribution in [0.2, 0.25) is 0 Å². The first kappa shape index (κ1) is 33.7. The lowest BCUT2D eigenvalue weighted by Crippen LogP contribution is -2.43. The molecule has 4 aromatic carbocycles. The minimum atomic E-state index is -0.756. The van der Waals surface area contributed by atoms with Gasteiger partial charge in [0.2, 0.25) is 0 Å². The molecule has 3 aliphatic heterocycles. The zero-order valence-electron chi connectivity index (χ0n) is 28.3. The Balaban J connectivity index is 0.929. The van der Waals surface area contributed by atoms with Crippen LogP contribution in [0.4, 0.5) is 0 Å². The lowest BCUT2D eigenvalue weighted by Gasteiger charge is -2.40. The number of nitrogens with one attached hydrogen (secondary N) is 2. The van der Waals surface area contributed by atoms with Crippen molar-refractivity contribution in [3.8, 4) is 0 Å². The van der Waals surface area contributed by atoms with E-state index in [-0.39, 0.29) is 59.7 Å². The summed E-state index contributed by atoms with van der Waals surface area (Å²) in [5.74, 6) is -1.85. The molecular formula is C40H38N4O8. The third-order valence-corrected chi connectivity index (χ3v) is 10.2. The van der Waals surface area contributed by atoms with Crippen LogP contribution in [0.3, 0.4) is 0 Å². The highest BCUT2D eigenvalue weighted by Crippen LogP contribution is 2.39. The number of rotatable bonds is 9. The maximum absolute atomic E-state index is 12.9. The number of aromatic nitrogens is 2. The van der Waals surface area contributed by atoms with Gasteiger partial charge < -0.3 is 34.5 Å². The van der Waals surface area contributed by atoms with E-state index >= 15 is 0 Å². The maximum atomic E-state index is 12.9. The van der Waals surface area contributed by atoms with Crippen molar-refractivity contribution in [2.45, 2.75) is 57.0 Å². The monoisotopic (exact) mass is 702 g/mol. The number of aromatic amines is 1. The largest absolute Gasteiger partial charge is 0.392 e. The van der Waals surface area contributed by atoms with E-state index in [2.05, 4.69) is 19.9 Å². The van der Waals surface area contributed by atoms with Crippen LogP contribution in [0.15, 0.2) is 95.8 Å². The normalized spacial score (nSPS) is 20.9. The molecule has 3 N–H and O–H groups in total. The molecule has 3 aliphatic rings. The van der Waals surface area contributed by atoms with Crippen molar-refractivity contribution in [1.82, 2.24) is 19.8 Å². The number of aliphatic hydroxyl groups is 1. The molecule has 0 spiro atoms. The van der Waals surface area contributed by atoms with E-state index in [0.717, 1.165) is 65.8 Å². The van der Waals surface area contributed by atoms with Gasteiger partial charge in [-0.3, -0.25) is 9.36 Å². The van der Waals surface area contributed by atoms with Crippen LogP contribution in [0.1, 0.15) is 91.0 Å². The number of para-hydroxylation sites is 2. The number of nitrogens with zero attached hydrogens (tertiary/aromatic N) is 2. The third kappa shape index (κ3) is 6.81. The zero-order chi connectivity index (χ0) is 35.8. The molecule has 0 aliphatic carbocycles. The van der Waals surface area contributed by atoms with Crippen molar-refractivity contribution in [3.63, 3.8) is 0 Å². The molecule has 1 aromatic heterocycles. The first-order chi connectivity index (χ1) is 25.3. The summed E-state index contributed by atoms with van der Waals surface area (Å²) in [5, 5.41) is 12.4. The number of hydrogen-bond acceptors (Lipinski definition) is 9. The molecule has 0 saturated carbocycles. The Labute approximate surface area is 298 Å². The fourth-order valence-corrected chi connectivity index (χ4v) is 7.42. The molecule has 4 heterocycles. The Hall–Kier alpha value is -5.40. The van der Waals surface area contributed by atoms with Crippen molar-refractivity contribution >= 4 is 28.9 Å². The molecular weight excluding hydrogens is 664 g/mol. The topological polar surface area (TPSA) is 152 Å². The van der Waals surface area contributed by atoms with E-state index in [0.29, 0.717) is 6.42 Å². The number of piperidine rings is 1. The molecule has 12 heteroatoms. The summed E-state index contributed by atoms with van der Waals surface area (Å²) in [6.07, 6.45) is 1.41. The van der Waals surface area contributed by atoms with Crippen molar-refractivity contribution in [2.24, 2.45) is 0 Å². The number of benzene rings is 4. The predicted molar refractivity (Wildman–Crippen MR) is 189 cm³/mol. The summed E-state index contributed by atoms with van der Waals surface area (Å²) >= 11 is 0. The molecule has 12 nitrogen and oxygen atoms in total. The number of H-pyrrole nitrogens is 1. The molecule has 1 amide bonds. The summed E-state index contributed by atoms with van der Waals surface area (Å²) < 4.78 is 19.7. The van der Waals surface area contributed by atoms with E-state index in [1.54, 1.807) is 0 Å². The maximum Gasteiger partial charge on any atom is 0.346 e. The Bertz CT molecular complexity index is 2180. The summed E-state index contributed by atoms with van der Waals surface area (Å²) in [5.41, 5.74) is 5.77. The van der Waals surface area contributed by atoms with Gasteiger partial charge in [0.1, 0.15) is 0 Å². The molecule has 3 atom stereocenters. The number of cyclic esters (lactones) is 2. The first-order valence-electron chi connectivity index (χ1n) is 17.5. The smallest absolute Gasteiger partial charge is 0.346 e. The summed E-state index contributed by atoms with van der Waals surface area (Å²) in [7, 11) is 0. The van der Waals surface area contributed by atoms with Crippen LogP contribution < -0.4 is 11.0 Å². The van der Waals surface area contributed by atoms with Gasteiger partial charge in [0.15, 0.2) is 6.29 Å². The predicted octanol–water partition coefficient (Wildman–Crippen LogP) is 4.95. The van der Waals surface area contributed by atoms with Gasteiger partial charge in [0.25, 0.3) is 5.91 Å². The second kappa shape index (κ2) is 14.3. The minimum Gasteiger partial charge on any atom is -0.392 e. The van der Waals surface area contributed by atoms with Crippen LogP contribution in [-0.4, -0.2) is 63.1 Å². The number of hydrogen-bond donors (Lipinski definition) is 3. The molecule has 266 valence electrons. The van der Waals surface area contributed by atoms with Gasteiger partial charge in [-0.1, -0.05) is 60.7 Å². The Kier molecular flexibility index (Phi) is 9.29. The van der Waals surface area contributed by atoms with Gasteiger partial charge in [-0.05, 0) is 59.9 Å². The molecule has 3 unspecified atom stereocenters. The van der Waals surface area contributed by atoms with Crippen LogP contribution in [0.5, 0.6) is 0 Å². The van der Waals surface area contributed by atoms with Crippen LogP contribution >= 0.6 is 0 Å². The molecule has 2 fully saturated rings. The lowest BCUT2D eigenvalue weighted by atomic mass is 9.98. The van der Waals surface area contributed by atoms with Crippen molar-refractivity contribution in [2.75, 3.05) is 19.6 Å². The standard InChI is InChI=1S/C40H38N4O8/c45-23-25-7-9-26(10-8-25)35-20-30(22-43-17-15-29(16-18-43)44-34-4-2-1-3-33(34)42-40(44)49)50-39(51-35)27-11-5-24(6-12-27)21-41-36(46)28-13-14-31-32(19-28)38(48)52-37(31)47/h1-14,19,29-30,35,39,45H,15-18,20-23H2,(H,41,46)(H,42,49). The highest BCUT2D eigenvalue weighted by Gasteiger charge is 2.35. The number of aliphatic hydroxyl groups excluding tert-OH is 1. The van der Waals surface area contributed by atoms with Crippen LogP contribution in [0, 0.1) is 0 Å². The fraction of sp³-hybridized carbons (Fsp3) is 0.300. The van der Waals surface area contributed by atoms with Gasteiger partial charge in [-0.2, -0.15) is 0 Å². The highest BCUT2D eigenvalue weighted by atomic mass is 16.7. The number of ether oxygens (including phenoxy) is 3. The molecule has 0 bridgehead atoms. The van der Waals surface area contributed by atoms with Crippen molar-refractivity contribution in [1.29, 1.82) is 0 Å². The lowest BCUT2D eigenvalue weighted by molar-refractivity contribution is -0.253. The van der Waals surface area contributed by atoms with Gasteiger partial charge in [0, 0.05) is 49.8 Å². The number of fused-ring (bicyclic) bond motifs is 2. The van der Waals surface area contributed by atoms with Gasteiger partial charge in [-0.25, -0.2) is 14.4 Å².